The lowest BCUT2D eigenvalue weighted by atomic mass is 10.4. The zero-order valence-corrected chi connectivity index (χ0v) is 11.3. The van der Waals surface area contributed by atoms with Crippen molar-refractivity contribution in [3.8, 4) is 0 Å². The zero-order chi connectivity index (χ0) is 15.4. The second kappa shape index (κ2) is 6.22. The number of imidazole rings is 1. The number of hydrogen-bond acceptors (Lipinski definition) is 6. The first-order valence-electron chi connectivity index (χ1n) is 6.20. The van der Waals surface area contributed by atoms with Crippen LogP contribution in [0.4, 0.5) is 5.95 Å². The molecule has 4 N–H and O–H groups in total. The Morgan fingerprint density at radius 3 is 2.86 bits per heavy atom. The minimum atomic E-state index is -0.950. The van der Waals surface area contributed by atoms with Gasteiger partial charge in [-0.25, -0.2) is 4.79 Å². The summed E-state index contributed by atoms with van der Waals surface area (Å²) in [6.45, 7) is 0.674. The smallest absolute Gasteiger partial charge is 0.330 e. The van der Waals surface area contributed by atoms with Crippen molar-refractivity contribution >= 4 is 23.1 Å². The normalized spacial score (nSPS) is 10.9. The van der Waals surface area contributed by atoms with Gasteiger partial charge in [-0.15, -0.1) is 0 Å². The van der Waals surface area contributed by atoms with E-state index in [0.29, 0.717) is 0 Å². The zero-order valence-electron chi connectivity index (χ0n) is 11.3. The van der Waals surface area contributed by atoms with E-state index >= 15 is 0 Å². The van der Waals surface area contributed by atoms with Crippen LogP contribution in [0.5, 0.6) is 0 Å². The summed E-state index contributed by atoms with van der Waals surface area (Å²) in [5.74, 6) is -0.720. The predicted octanol–water partition coefficient (Wildman–Crippen LogP) is -1.05. The van der Waals surface area contributed by atoms with Gasteiger partial charge in [0, 0.05) is 13.7 Å². The summed E-state index contributed by atoms with van der Waals surface area (Å²) in [7, 11) is 1.50. The number of rotatable bonds is 7. The molecule has 0 saturated heterocycles. The van der Waals surface area contributed by atoms with E-state index in [-0.39, 0.29) is 43.2 Å². The van der Waals surface area contributed by atoms with Crippen LogP contribution in [0.1, 0.15) is 6.42 Å². The Bertz CT molecular complexity index is 758. The molecule has 10 nitrogen and oxygen atoms in total. The fraction of sp³-hybridized carbons (Fsp3) is 0.455. The highest BCUT2D eigenvalue weighted by molar-refractivity contribution is 5.73. The fourth-order valence-electron chi connectivity index (χ4n) is 1.80. The van der Waals surface area contributed by atoms with Gasteiger partial charge >= 0.3 is 11.7 Å². The number of anilines is 1. The minimum Gasteiger partial charge on any atom is -0.481 e. The molecule has 0 aromatic carbocycles. The third-order valence-corrected chi connectivity index (χ3v) is 2.78. The Balaban J connectivity index is 2.35. The maximum absolute atomic E-state index is 11.8. The minimum absolute atomic E-state index is 0.0934. The molecule has 0 unspecified atom stereocenters. The Morgan fingerprint density at radius 2 is 2.19 bits per heavy atom. The SMILES string of the molecule is COCCn1c(=O)[nH]c(=O)c2[nH]c(NCCC(=O)O)nc21. The van der Waals surface area contributed by atoms with Gasteiger partial charge in [-0.3, -0.25) is 19.1 Å². The van der Waals surface area contributed by atoms with Crippen molar-refractivity contribution in [3.05, 3.63) is 20.8 Å². The number of aliphatic carboxylic acids is 1. The first kappa shape index (κ1) is 14.8. The highest BCUT2D eigenvalue weighted by Crippen LogP contribution is 2.08. The van der Waals surface area contributed by atoms with Gasteiger partial charge in [-0.1, -0.05) is 0 Å². The second-order valence-electron chi connectivity index (χ2n) is 4.26. The number of carboxylic acids is 1. The van der Waals surface area contributed by atoms with Crippen molar-refractivity contribution in [2.24, 2.45) is 0 Å². The standard InChI is InChI=1S/C11H15N5O5/c1-21-5-4-16-8-7(9(19)15-11(16)20)13-10(14-8)12-3-2-6(17)18/h2-5H2,1H3,(H,17,18)(H2,12,13,14)(H,15,19,20). The lowest BCUT2D eigenvalue weighted by Gasteiger charge is -2.04. The molecule has 0 aliphatic rings. The number of nitrogens with one attached hydrogen (secondary N) is 3. The summed E-state index contributed by atoms with van der Waals surface area (Å²) in [4.78, 5) is 43.0. The average Bonchev–Trinajstić information content (AvgIpc) is 2.82. The van der Waals surface area contributed by atoms with Crippen LogP contribution in [0.15, 0.2) is 9.59 Å². The first-order valence-corrected chi connectivity index (χ1v) is 6.20. The van der Waals surface area contributed by atoms with Crippen LogP contribution >= 0.6 is 0 Å². The Morgan fingerprint density at radius 1 is 1.43 bits per heavy atom. The van der Waals surface area contributed by atoms with E-state index < -0.39 is 17.2 Å². The number of ether oxygens (including phenoxy) is 1. The maximum atomic E-state index is 11.8. The number of H-pyrrole nitrogens is 2. The van der Waals surface area contributed by atoms with E-state index in [1.54, 1.807) is 0 Å². The molecule has 2 rings (SSSR count). The van der Waals surface area contributed by atoms with Gasteiger partial charge in [0.05, 0.1) is 19.6 Å². The highest BCUT2D eigenvalue weighted by atomic mass is 16.5. The van der Waals surface area contributed by atoms with E-state index in [9.17, 15) is 14.4 Å². The van der Waals surface area contributed by atoms with Gasteiger partial charge in [-0.05, 0) is 0 Å². The van der Waals surface area contributed by atoms with E-state index in [4.69, 9.17) is 9.84 Å². The molecule has 0 amide bonds. The second-order valence-corrected chi connectivity index (χ2v) is 4.26. The van der Waals surface area contributed by atoms with Gasteiger partial charge in [0.25, 0.3) is 5.56 Å². The fourth-order valence-corrected chi connectivity index (χ4v) is 1.80. The van der Waals surface area contributed by atoms with Crippen LogP contribution < -0.4 is 16.6 Å². The Kier molecular flexibility index (Phi) is 4.38. The van der Waals surface area contributed by atoms with Crippen LogP contribution in [0.3, 0.4) is 0 Å². The van der Waals surface area contributed by atoms with Crippen molar-refractivity contribution in [2.45, 2.75) is 13.0 Å². The molecule has 2 aromatic rings. The summed E-state index contributed by atoms with van der Waals surface area (Å²) < 4.78 is 6.18. The van der Waals surface area contributed by atoms with Crippen molar-refractivity contribution < 1.29 is 14.6 Å². The Hall–Kier alpha value is -2.62. The van der Waals surface area contributed by atoms with Crippen LogP contribution in [-0.2, 0) is 16.1 Å². The van der Waals surface area contributed by atoms with Crippen molar-refractivity contribution in [2.75, 3.05) is 25.6 Å². The monoisotopic (exact) mass is 297 g/mol. The number of carboxylic acid groups (broad SMARTS) is 1. The Labute approximate surface area is 117 Å². The summed E-state index contributed by atoms with van der Waals surface area (Å²) in [6, 6.07) is 0. The molecule has 2 aromatic heterocycles. The van der Waals surface area contributed by atoms with E-state index in [1.807, 2.05) is 0 Å². The lowest BCUT2D eigenvalue weighted by molar-refractivity contribution is -0.136. The number of carbonyl (C=O) groups is 1. The van der Waals surface area contributed by atoms with Gasteiger partial charge < -0.3 is 20.1 Å². The molecule has 0 aliphatic carbocycles. The molecule has 0 fully saturated rings. The van der Waals surface area contributed by atoms with Crippen LogP contribution in [-0.4, -0.2) is 50.9 Å². The summed E-state index contributed by atoms with van der Waals surface area (Å²) >= 11 is 0. The largest absolute Gasteiger partial charge is 0.481 e. The summed E-state index contributed by atoms with van der Waals surface area (Å²) in [5, 5.41) is 11.3. The molecular weight excluding hydrogens is 282 g/mol. The number of hydrogen-bond donors (Lipinski definition) is 4. The predicted molar refractivity (Wildman–Crippen MR) is 73.6 cm³/mol. The van der Waals surface area contributed by atoms with E-state index in [0.717, 1.165) is 0 Å². The number of nitrogens with zero attached hydrogens (tertiary/aromatic N) is 2. The van der Waals surface area contributed by atoms with Gasteiger partial charge in [0.2, 0.25) is 5.95 Å². The lowest BCUT2D eigenvalue weighted by Crippen LogP contribution is -2.31. The van der Waals surface area contributed by atoms with Crippen molar-refractivity contribution in [1.82, 2.24) is 19.5 Å². The molecule has 0 spiro atoms. The molecule has 0 saturated carbocycles. The molecule has 2 heterocycles. The molecule has 10 heteroatoms. The van der Waals surface area contributed by atoms with Gasteiger partial charge in [0.15, 0.2) is 11.2 Å². The number of methoxy groups -OCH3 is 1. The van der Waals surface area contributed by atoms with Crippen LogP contribution in [0.25, 0.3) is 11.2 Å². The molecular formula is C11H15N5O5. The number of aromatic amines is 2. The molecule has 114 valence electrons. The van der Waals surface area contributed by atoms with Crippen molar-refractivity contribution in [1.29, 1.82) is 0 Å². The summed E-state index contributed by atoms with van der Waals surface area (Å²) in [6.07, 6.45) is -0.0934. The van der Waals surface area contributed by atoms with Gasteiger partial charge in [0.1, 0.15) is 0 Å². The molecule has 0 bridgehead atoms. The van der Waals surface area contributed by atoms with Gasteiger partial charge in [-0.2, -0.15) is 4.98 Å². The van der Waals surface area contributed by atoms with Crippen molar-refractivity contribution in [3.63, 3.8) is 0 Å². The van der Waals surface area contributed by atoms with Crippen LogP contribution in [0.2, 0.25) is 0 Å². The molecule has 0 atom stereocenters. The first-order chi connectivity index (χ1) is 10.0. The molecule has 0 radical (unpaired) electrons. The quantitative estimate of drug-likeness (QED) is 0.510. The molecule has 0 aliphatic heterocycles. The third-order valence-electron chi connectivity index (χ3n) is 2.78. The third kappa shape index (κ3) is 3.28. The topological polar surface area (TPSA) is 142 Å². The number of fused-ring (bicyclic) bond motifs is 1. The number of aromatic nitrogens is 4. The average molecular weight is 297 g/mol. The maximum Gasteiger partial charge on any atom is 0.330 e. The van der Waals surface area contributed by atoms with E-state index in [1.165, 1.54) is 11.7 Å². The summed E-state index contributed by atoms with van der Waals surface area (Å²) in [5.41, 5.74) is -0.822. The van der Waals surface area contributed by atoms with E-state index in [2.05, 4.69) is 20.3 Å². The highest BCUT2D eigenvalue weighted by Gasteiger charge is 2.12. The molecule has 21 heavy (non-hydrogen) atoms. The van der Waals surface area contributed by atoms with Crippen LogP contribution in [0, 0.1) is 0 Å².